The Balaban J connectivity index is 2.44. The first-order chi connectivity index (χ1) is 11.8. The predicted molar refractivity (Wildman–Crippen MR) is 86.4 cm³/mol. The molecule has 1 atom stereocenters. The van der Waals surface area contributed by atoms with E-state index in [1.54, 1.807) is 6.92 Å². The number of carbonyl (C=O) groups is 2. The number of hydrogen-bond acceptors (Lipinski definition) is 6. The Kier molecular flexibility index (Phi) is 5.42. The zero-order valence-electron chi connectivity index (χ0n) is 13.7. The minimum Gasteiger partial charge on any atom is -0.480 e. The number of hydrogen-bond donors (Lipinski definition) is 1. The van der Waals surface area contributed by atoms with Crippen molar-refractivity contribution < 1.29 is 19.6 Å². The van der Waals surface area contributed by atoms with Crippen LogP contribution in [0.3, 0.4) is 0 Å². The van der Waals surface area contributed by atoms with Crippen LogP contribution in [0.25, 0.3) is 5.69 Å². The second-order valence-electron chi connectivity index (χ2n) is 5.38. The molecule has 0 aliphatic heterocycles. The molecule has 1 aromatic carbocycles. The van der Waals surface area contributed by atoms with E-state index in [4.69, 9.17) is 5.11 Å². The number of aromatic nitrogens is 3. The maximum absolute atomic E-state index is 12.7. The zero-order chi connectivity index (χ0) is 18.6. The van der Waals surface area contributed by atoms with Crippen molar-refractivity contribution in [3.8, 4) is 5.69 Å². The average Bonchev–Trinajstić information content (AvgIpc) is 3.12. The van der Waals surface area contributed by atoms with E-state index in [2.05, 4.69) is 10.1 Å². The first-order valence-electron chi connectivity index (χ1n) is 7.51. The quantitative estimate of drug-likeness (QED) is 0.593. The van der Waals surface area contributed by atoms with Crippen molar-refractivity contribution in [1.29, 1.82) is 0 Å². The Labute approximate surface area is 142 Å². The van der Waals surface area contributed by atoms with Gasteiger partial charge in [0, 0.05) is 17.7 Å². The van der Waals surface area contributed by atoms with Gasteiger partial charge >= 0.3 is 5.97 Å². The number of aliphatic carboxylic acids is 1. The second kappa shape index (κ2) is 7.51. The lowest BCUT2D eigenvalue weighted by Gasteiger charge is -2.27. The lowest BCUT2D eigenvalue weighted by molar-refractivity contribution is -0.384. The number of amides is 1. The Morgan fingerprint density at radius 3 is 2.68 bits per heavy atom. The van der Waals surface area contributed by atoms with Crippen molar-refractivity contribution in [3.63, 3.8) is 0 Å². The number of nitrogens with zero attached hydrogens (tertiary/aromatic N) is 5. The molecule has 2 aromatic rings. The van der Waals surface area contributed by atoms with E-state index in [1.165, 1.54) is 34.4 Å². The third-order valence-electron chi connectivity index (χ3n) is 3.77. The fourth-order valence-electron chi connectivity index (χ4n) is 2.29. The van der Waals surface area contributed by atoms with Gasteiger partial charge in [0.1, 0.15) is 24.9 Å². The highest BCUT2D eigenvalue weighted by Gasteiger charge is 2.26. The van der Waals surface area contributed by atoms with E-state index in [0.29, 0.717) is 6.42 Å². The Hall–Kier alpha value is -3.30. The first-order valence-corrected chi connectivity index (χ1v) is 7.51. The number of nitro groups is 1. The molecule has 1 N–H and O–H groups in total. The largest absolute Gasteiger partial charge is 0.480 e. The van der Waals surface area contributed by atoms with E-state index < -0.39 is 23.3 Å². The van der Waals surface area contributed by atoms with Gasteiger partial charge in [0.25, 0.3) is 11.6 Å². The monoisotopic (exact) mass is 347 g/mol. The molecule has 10 heteroatoms. The molecule has 0 spiro atoms. The maximum atomic E-state index is 12.7. The maximum Gasteiger partial charge on any atom is 0.323 e. The molecular formula is C15H17N5O5. The first kappa shape index (κ1) is 18.0. The van der Waals surface area contributed by atoms with E-state index in [-0.39, 0.29) is 23.0 Å². The van der Waals surface area contributed by atoms with Crippen LogP contribution in [0, 0.1) is 10.1 Å². The Bertz CT molecular complexity index is 790. The summed E-state index contributed by atoms with van der Waals surface area (Å²) in [6, 6.07) is 3.59. The van der Waals surface area contributed by atoms with Gasteiger partial charge < -0.3 is 10.0 Å². The minimum absolute atomic E-state index is 0.0390. The van der Waals surface area contributed by atoms with Gasteiger partial charge in [0.2, 0.25) is 0 Å². The molecule has 0 saturated carbocycles. The minimum atomic E-state index is -1.15. The van der Waals surface area contributed by atoms with Crippen molar-refractivity contribution >= 4 is 17.6 Å². The van der Waals surface area contributed by atoms with Crippen LogP contribution in [0.1, 0.15) is 30.6 Å². The van der Waals surface area contributed by atoms with Gasteiger partial charge in [0.15, 0.2) is 0 Å². The molecule has 0 radical (unpaired) electrons. The van der Waals surface area contributed by atoms with Gasteiger partial charge in [-0.25, -0.2) is 9.67 Å². The lowest BCUT2D eigenvalue weighted by Crippen LogP contribution is -2.41. The fraction of sp³-hybridized carbons (Fsp3) is 0.333. The fourth-order valence-corrected chi connectivity index (χ4v) is 2.29. The molecule has 0 fully saturated rings. The van der Waals surface area contributed by atoms with Crippen molar-refractivity contribution in [1.82, 2.24) is 19.7 Å². The van der Waals surface area contributed by atoms with Crippen LogP contribution < -0.4 is 0 Å². The summed E-state index contributed by atoms with van der Waals surface area (Å²) in [6.45, 7) is 3.06. The van der Waals surface area contributed by atoms with Crippen molar-refractivity contribution in [3.05, 3.63) is 46.5 Å². The molecule has 1 heterocycles. The second-order valence-corrected chi connectivity index (χ2v) is 5.38. The summed E-state index contributed by atoms with van der Waals surface area (Å²) in [5, 5.41) is 24.2. The highest BCUT2D eigenvalue weighted by molar-refractivity contribution is 5.97. The third-order valence-corrected chi connectivity index (χ3v) is 3.77. The number of rotatable bonds is 7. The van der Waals surface area contributed by atoms with Gasteiger partial charge in [-0.05, 0) is 25.5 Å². The van der Waals surface area contributed by atoms with Gasteiger partial charge in [-0.3, -0.25) is 19.7 Å². The van der Waals surface area contributed by atoms with E-state index in [1.807, 2.05) is 6.92 Å². The summed E-state index contributed by atoms with van der Waals surface area (Å²) >= 11 is 0. The van der Waals surface area contributed by atoms with Crippen molar-refractivity contribution in [2.75, 3.05) is 6.54 Å². The summed E-state index contributed by atoms with van der Waals surface area (Å²) in [5.74, 6) is -1.73. The molecule has 132 valence electrons. The van der Waals surface area contributed by atoms with Crippen LogP contribution in [0.4, 0.5) is 5.69 Å². The molecule has 1 aromatic heterocycles. The van der Waals surface area contributed by atoms with Crippen molar-refractivity contribution in [2.45, 2.75) is 26.3 Å². The van der Waals surface area contributed by atoms with E-state index in [9.17, 15) is 19.7 Å². The normalized spacial score (nSPS) is 11.8. The molecule has 1 unspecified atom stereocenters. The standard InChI is InChI=1S/C15H17N5O5/c1-3-10(2)18(7-14(21)22)15(23)11-4-5-12(13(6-11)20(24)25)19-9-16-8-17-19/h4-6,8-10H,3,7H2,1-2H3,(H,21,22). The molecule has 0 aliphatic carbocycles. The lowest BCUT2D eigenvalue weighted by atomic mass is 10.1. The third kappa shape index (κ3) is 3.97. The summed E-state index contributed by atoms with van der Waals surface area (Å²) in [5.41, 5.74) is -0.125. The van der Waals surface area contributed by atoms with Crippen LogP contribution >= 0.6 is 0 Å². The number of benzene rings is 1. The molecule has 2 rings (SSSR count). The highest BCUT2D eigenvalue weighted by atomic mass is 16.6. The number of nitro benzene ring substituents is 1. The molecule has 0 saturated heterocycles. The zero-order valence-corrected chi connectivity index (χ0v) is 13.7. The van der Waals surface area contributed by atoms with Gasteiger partial charge in [-0.15, -0.1) is 0 Å². The van der Waals surface area contributed by atoms with Gasteiger partial charge in [-0.1, -0.05) is 6.92 Å². The SMILES string of the molecule is CCC(C)N(CC(=O)O)C(=O)c1ccc(-n2cncn2)c([N+](=O)[O-])c1. The van der Waals surface area contributed by atoms with Crippen LogP contribution in [0.2, 0.25) is 0 Å². The number of carboxylic acids is 1. The summed E-state index contributed by atoms with van der Waals surface area (Å²) in [6.07, 6.45) is 3.10. The molecular weight excluding hydrogens is 330 g/mol. The van der Waals surface area contributed by atoms with Gasteiger partial charge in [0.05, 0.1) is 4.92 Å². The van der Waals surface area contributed by atoms with Crippen LogP contribution in [0.15, 0.2) is 30.9 Å². The average molecular weight is 347 g/mol. The number of carbonyl (C=O) groups excluding carboxylic acids is 1. The van der Waals surface area contributed by atoms with Gasteiger partial charge in [-0.2, -0.15) is 5.10 Å². The number of carboxylic acid groups (broad SMARTS) is 1. The Morgan fingerprint density at radius 1 is 1.44 bits per heavy atom. The molecule has 1 amide bonds. The summed E-state index contributed by atoms with van der Waals surface area (Å²) in [4.78, 5) is 39.3. The van der Waals surface area contributed by atoms with E-state index >= 15 is 0 Å². The van der Waals surface area contributed by atoms with Crippen LogP contribution in [-0.4, -0.2) is 54.2 Å². The van der Waals surface area contributed by atoms with Crippen LogP contribution in [-0.2, 0) is 4.79 Å². The predicted octanol–water partition coefficient (Wildman–Crippen LogP) is 1.50. The van der Waals surface area contributed by atoms with Crippen molar-refractivity contribution in [2.24, 2.45) is 0 Å². The summed E-state index contributed by atoms with van der Waals surface area (Å²) < 4.78 is 1.22. The van der Waals surface area contributed by atoms with E-state index in [0.717, 1.165) is 6.07 Å². The Morgan fingerprint density at radius 2 is 2.16 bits per heavy atom. The molecule has 10 nitrogen and oxygen atoms in total. The smallest absolute Gasteiger partial charge is 0.323 e. The summed E-state index contributed by atoms with van der Waals surface area (Å²) in [7, 11) is 0. The molecule has 0 aliphatic rings. The molecule has 0 bridgehead atoms. The topological polar surface area (TPSA) is 131 Å². The molecule has 25 heavy (non-hydrogen) atoms. The highest BCUT2D eigenvalue weighted by Crippen LogP contribution is 2.24. The van der Waals surface area contributed by atoms with Crippen LogP contribution in [0.5, 0.6) is 0 Å².